The van der Waals surface area contributed by atoms with Gasteiger partial charge in [0.2, 0.25) is 5.88 Å². The monoisotopic (exact) mass is 323 g/mol. The van der Waals surface area contributed by atoms with Crippen molar-refractivity contribution in [1.82, 2.24) is 9.97 Å². The molecule has 1 aliphatic carbocycles. The number of pyridine rings is 1. The molecule has 0 unspecified atom stereocenters. The van der Waals surface area contributed by atoms with Crippen LogP contribution in [0.5, 0.6) is 5.88 Å². The smallest absolute Gasteiger partial charge is 0.212 e. The number of thiazole rings is 1. The molecule has 5 heteroatoms. The van der Waals surface area contributed by atoms with E-state index in [1.807, 2.05) is 30.5 Å². The summed E-state index contributed by atoms with van der Waals surface area (Å²) in [6.45, 7) is 0. The van der Waals surface area contributed by atoms with Crippen molar-refractivity contribution in [3.8, 4) is 28.3 Å². The molecule has 1 aromatic carbocycles. The van der Waals surface area contributed by atoms with Gasteiger partial charge in [-0.3, -0.25) is 0 Å². The van der Waals surface area contributed by atoms with Crippen LogP contribution in [0.25, 0.3) is 22.4 Å². The molecule has 1 fully saturated rings. The quantitative estimate of drug-likeness (QED) is 0.753. The Labute approximate surface area is 139 Å². The lowest BCUT2D eigenvalue weighted by Crippen LogP contribution is -1.99. The molecule has 0 spiro atoms. The molecule has 2 aromatic heterocycles. The molecule has 0 amide bonds. The first-order valence-corrected chi connectivity index (χ1v) is 8.53. The number of hydrogen-bond donors (Lipinski definition) is 1. The number of hydrogen-bond acceptors (Lipinski definition) is 5. The fourth-order valence-electron chi connectivity index (χ4n) is 2.48. The predicted octanol–water partition coefficient (Wildman–Crippen LogP) is 4.46. The van der Waals surface area contributed by atoms with Gasteiger partial charge in [-0.2, -0.15) is 0 Å². The van der Waals surface area contributed by atoms with Crippen LogP contribution in [-0.4, -0.2) is 23.1 Å². The van der Waals surface area contributed by atoms with E-state index in [0.717, 1.165) is 27.5 Å². The van der Waals surface area contributed by atoms with Gasteiger partial charge in [-0.25, -0.2) is 9.97 Å². The molecule has 0 bridgehead atoms. The Balaban J connectivity index is 1.69. The van der Waals surface area contributed by atoms with Gasteiger partial charge in [-0.1, -0.05) is 24.3 Å². The van der Waals surface area contributed by atoms with Gasteiger partial charge in [0.05, 0.1) is 12.8 Å². The Hall–Kier alpha value is -2.40. The fourth-order valence-corrected chi connectivity index (χ4v) is 3.27. The summed E-state index contributed by atoms with van der Waals surface area (Å²) in [5, 5.41) is 6.58. The van der Waals surface area contributed by atoms with Gasteiger partial charge in [-0.05, 0) is 24.5 Å². The molecule has 3 aromatic rings. The zero-order valence-corrected chi connectivity index (χ0v) is 13.6. The van der Waals surface area contributed by atoms with E-state index in [9.17, 15) is 0 Å². The Morgan fingerprint density at radius 2 is 1.96 bits per heavy atom. The minimum Gasteiger partial charge on any atom is -0.481 e. The lowest BCUT2D eigenvalue weighted by atomic mass is 9.99. The number of methoxy groups -OCH3 is 1. The summed E-state index contributed by atoms with van der Waals surface area (Å²) in [5.41, 5.74) is 4.32. The van der Waals surface area contributed by atoms with E-state index in [0.29, 0.717) is 11.9 Å². The number of nitrogens with one attached hydrogen (secondary N) is 1. The van der Waals surface area contributed by atoms with Crippen LogP contribution in [-0.2, 0) is 0 Å². The lowest BCUT2D eigenvalue weighted by molar-refractivity contribution is 0.398. The van der Waals surface area contributed by atoms with E-state index >= 15 is 0 Å². The van der Waals surface area contributed by atoms with Crippen molar-refractivity contribution >= 4 is 16.5 Å². The molecule has 1 N–H and O–H groups in total. The number of rotatable bonds is 5. The normalized spacial score (nSPS) is 13.8. The summed E-state index contributed by atoms with van der Waals surface area (Å²) >= 11 is 1.66. The van der Waals surface area contributed by atoms with Crippen LogP contribution in [0.1, 0.15) is 12.8 Å². The number of anilines is 1. The van der Waals surface area contributed by atoms with Crippen molar-refractivity contribution < 1.29 is 4.74 Å². The first-order valence-electron chi connectivity index (χ1n) is 7.65. The van der Waals surface area contributed by atoms with Crippen LogP contribution < -0.4 is 10.1 Å². The van der Waals surface area contributed by atoms with Crippen molar-refractivity contribution in [1.29, 1.82) is 0 Å². The van der Waals surface area contributed by atoms with Gasteiger partial charge in [0.1, 0.15) is 0 Å². The van der Waals surface area contributed by atoms with Crippen LogP contribution in [0.15, 0.2) is 48.0 Å². The Kier molecular flexibility index (Phi) is 3.71. The average molecular weight is 323 g/mol. The minimum atomic E-state index is 0.620. The second-order valence-corrected chi connectivity index (χ2v) is 6.45. The second kappa shape index (κ2) is 6.01. The number of ether oxygens (including phenoxy) is 1. The molecule has 0 aliphatic heterocycles. The van der Waals surface area contributed by atoms with Crippen molar-refractivity contribution in [3.63, 3.8) is 0 Å². The number of aromatic nitrogens is 2. The van der Waals surface area contributed by atoms with E-state index in [1.165, 1.54) is 12.8 Å². The van der Waals surface area contributed by atoms with Crippen molar-refractivity contribution in [2.75, 3.05) is 12.4 Å². The fraction of sp³-hybridized carbons (Fsp3) is 0.222. The maximum absolute atomic E-state index is 5.14. The van der Waals surface area contributed by atoms with E-state index in [4.69, 9.17) is 9.72 Å². The first-order chi connectivity index (χ1) is 11.3. The van der Waals surface area contributed by atoms with Crippen LogP contribution in [0, 0.1) is 0 Å². The van der Waals surface area contributed by atoms with E-state index < -0.39 is 0 Å². The predicted molar refractivity (Wildman–Crippen MR) is 94.0 cm³/mol. The largest absolute Gasteiger partial charge is 0.481 e. The summed E-state index contributed by atoms with van der Waals surface area (Å²) in [5.74, 6) is 0.621. The number of benzene rings is 1. The average Bonchev–Trinajstić information content (AvgIpc) is 3.30. The van der Waals surface area contributed by atoms with Crippen LogP contribution in [0.3, 0.4) is 0 Å². The highest BCUT2D eigenvalue weighted by Gasteiger charge is 2.22. The standard InChI is InChI=1S/C18H17N3OS/c1-22-17-9-6-12(10-19-17)14-4-2-3-5-15(14)16-11-23-18(21-16)20-13-7-8-13/h2-6,9-11,13H,7-8H2,1H3,(H,20,21). The van der Waals surface area contributed by atoms with Crippen LogP contribution in [0.4, 0.5) is 5.13 Å². The highest BCUT2D eigenvalue weighted by molar-refractivity contribution is 7.14. The minimum absolute atomic E-state index is 0.620. The summed E-state index contributed by atoms with van der Waals surface area (Å²) < 4.78 is 5.14. The van der Waals surface area contributed by atoms with Gasteiger partial charge < -0.3 is 10.1 Å². The summed E-state index contributed by atoms with van der Waals surface area (Å²) in [7, 11) is 1.62. The van der Waals surface area contributed by atoms with E-state index in [-0.39, 0.29) is 0 Å². The second-order valence-electron chi connectivity index (χ2n) is 5.59. The summed E-state index contributed by atoms with van der Waals surface area (Å²) in [4.78, 5) is 9.05. The van der Waals surface area contributed by atoms with Crippen molar-refractivity contribution in [2.45, 2.75) is 18.9 Å². The summed E-state index contributed by atoms with van der Waals surface area (Å²) in [6.07, 6.45) is 4.35. The topological polar surface area (TPSA) is 47.0 Å². The van der Waals surface area contributed by atoms with Gasteiger partial charge in [0.15, 0.2) is 5.13 Å². The molecular weight excluding hydrogens is 306 g/mol. The molecule has 1 saturated carbocycles. The van der Waals surface area contributed by atoms with E-state index in [1.54, 1.807) is 18.4 Å². The molecule has 0 saturated heterocycles. The third-order valence-corrected chi connectivity index (χ3v) is 4.64. The lowest BCUT2D eigenvalue weighted by Gasteiger charge is -2.08. The zero-order valence-electron chi connectivity index (χ0n) is 12.8. The molecule has 116 valence electrons. The zero-order chi connectivity index (χ0) is 15.6. The highest BCUT2D eigenvalue weighted by Crippen LogP contribution is 2.35. The Morgan fingerprint density at radius 3 is 2.65 bits per heavy atom. The van der Waals surface area contributed by atoms with Crippen molar-refractivity contribution in [3.05, 3.63) is 48.0 Å². The molecule has 23 heavy (non-hydrogen) atoms. The van der Waals surface area contributed by atoms with Crippen LogP contribution >= 0.6 is 11.3 Å². The van der Waals surface area contributed by atoms with Gasteiger partial charge in [-0.15, -0.1) is 11.3 Å². The summed E-state index contributed by atoms with van der Waals surface area (Å²) in [6, 6.07) is 12.8. The highest BCUT2D eigenvalue weighted by atomic mass is 32.1. The molecule has 0 atom stereocenters. The molecule has 4 nitrogen and oxygen atoms in total. The van der Waals surface area contributed by atoms with E-state index in [2.05, 4.69) is 27.8 Å². The van der Waals surface area contributed by atoms with Gasteiger partial charge in [0, 0.05) is 34.8 Å². The molecule has 1 aliphatic rings. The van der Waals surface area contributed by atoms with Gasteiger partial charge >= 0.3 is 0 Å². The Morgan fingerprint density at radius 1 is 1.13 bits per heavy atom. The Bertz CT molecular complexity index is 809. The molecule has 0 radical (unpaired) electrons. The molecular formula is C18H17N3OS. The third-order valence-electron chi connectivity index (χ3n) is 3.87. The van der Waals surface area contributed by atoms with Crippen molar-refractivity contribution in [2.24, 2.45) is 0 Å². The van der Waals surface area contributed by atoms with Crippen LogP contribution in [0.2, 0.25) is 0 Å². The third kappa shape index (κ3) is 3.05. The maximum atomic E-state index is 5.14. The molecule has 2 heterocycles. The van der Waals surface area contributed by atoms with Gasteiger partial charge in [0.25, 0.3) is 0 Å². The maximum Gasteiger partial charge on any atom is 0.212 e. The molecule has 4 rings (SSSR count). The number of nitrogens with zero attached hydrogens (tertiary/aromatic N) is 2. The SMILES string of the molecule is COc1ccc(-c2ccccc2-c2csc(NC3CC3)n2)cn1. The first kappa shape index (κ1) is 14.2.